The van der Waals surface area contributed by atoms with Gasteiger partial charge in [0, 0.05) is 36.0 Å². The highest BCUT2D eigenvalue weighted by atomic mass is 32.2. The van der Waals surface area contributed by atoms with Gasteiger partial charge in [-0.25, -0.2) is 0 Å². The molecule has 0 aromatic heterocycles. The molecule has 1 fully saturated rings. The van der Waals surface area contributed by atoms with Gasteiger partial charge in [0.2, 0.25) is 0 Å². The summed E-state index contributed by atoms with van der Waals surface area (Å²) in [5.41, 5.74) is 6.51. The second-order valence-electron chi connectivity index (χ2n) is 5.53. The number of anilines is 1. The highest BCUT2D eigenvalue weighted by molar-refractivity contribution is 7.99. The summed E-state index contributed by atoms with van der Waals surface area (Å²) in [4.78, 5) is 3.78. The molecule has 0 aliphatic carbocycles. The summed E-state index contributed by atoms with van der Waals surface area (Å²) in [5, 5.41) is 0. The first-order chi connectivity index (χ1) is 9.13. The molecular weight excluding hydrogens is 256 g/mol. The first-order valence-electron chi connectivity index (χ1n) is 6.96. The second-order valence-corrected chi connectivity index (χ2v) is 6.62. The number of ether oxygens (including phenoxy) is 1. The minimum absolute atomic E-state index is 0.343. The fourth-order valence-electron chi connectivity index (χ4n) is 2.32. The van der Waals surface area contributed by atoms with Crippen molar-refractivity contribution in [1.82, 2.24) is 4.90 Å². The third kappa shape index (κ3) is 5.05. The Morgan fingerprint density at radius 3 is 2.79 bits per heavy atom. The number of morpholine rings is 1. The fraction of sp³-hybridized carbons (Fsp3) is 0.600. The highest BCUT2D eigenvalue weighted by Crippen LogP contribution is 2.22. The van der Waals surface area contributed by atoms with Gasteiger partial charge < -0.3 is 10.5 Å². The summed E-state index contributed by atoms with van der Waals surface area (Å²) in [5.74, 6) is 1.74. The van der Waals surface area contributed by atoms with Crippen molar-refractivity contribution in [2.45, 2.75) is 24.8 Å². The van der Waals surface area contributed by atoms with Crippen molar-refractivity contribution in [3.63, 3.8) is 0 Å². The van der Waals surface area contributed by atoms with Crippen molar-refractivity contribution < 1.29 is 4.74 Å². The van der Waals surface area contributed by atoms with Crippen LogP contribution in [0.5, 0.6) is 0 Å². The van der Waals surface area contributed by atoms with E-state index in [0.717, 1.165) is 37.1 Å². The molecule has 3 nitrogen and oxygen atoms in total. The molecule has 1 unspecified atom stereocenters. The topological polar surface area (TPSA) is 38.5 Å². The van der Waals surface area contributed by atoms with Crippen molar-refractivity contribution in [2.75, 3.05) is 37.7 Å². The van der Waals surface area contributed by atoms with Crippen LogP contribution in [0.3, 0.4) is 0 Å². The summed E-state index contributed by atoms with van der Waals surface area (Å²) in [6, 6.07) is 8.06. The molecule has 1 aliphatic rings. The normalized spacial score (nSPS) is 20.9. The fourth-order valence-corrected chi connectivity index (χ4v) is 3.23. The number of nitrogen functional groups attached to an aromatic ring is 1. The molecule has 2 rings (SSSR count). The summed E-state index contributed by atoms with van der Waals surface area (Å²) < 4.78 is 5.85. The number of rotatable bonds is 5. The van der Waals surface area contributed by atoms with Crippen molar-refractivity contribution in [2.24, 2.45) is 5.92 Å². The Kier molecular flexibility index (Phi) is 5.55. The lowest BCUT2D eigenvalue weighted by atomic mass is 10.2. The standard InChI is InChI=1S/C15H24N2OS/c1-12(2)9-17-7-8-18-14(10-17)11-19-15-5-3-13(16)4-6-15/h3-6,12,14H,7-11,16H2,1-2H3. The maximum Gasteiger partial charge on any atom is 0.0796 e. The summed E-state index contributed by atoms with van der Waals surface area (Å²) in [6.45, 7) is 8.70. The van der Waals surface area contributed by atoms with Crippen LogP contribution >= 0.6 is 11.8 Å². The quantitative estimate of drug-likeness (QED) is 0.665. The molecule has 1 aromatic carbocycles. The molecule has 1 aromatic rings. The van der Waals surface area contributed by atoms with Crippen LogP contribution in [0.2, 0.25) is 0 Å². The monoisotopic (exact) mass is 280 g/mol. The van der Waals surface area contributed by atoms with E-state index < -0.39 is 0 Å². The lowest BCUT2D eigenvalue weighted by Crippen LogP contribution is -2.44. The van der Waals surface area contributed by atoms with Gasteiger partial charge in [0.05, 0.1) is 12.7 Å². The van der Waals surface area contributed by atoms with Crippen LogP contribution in [-0.2, 0) is 4.74 Å². The molecular formula is C15H24N2OS. The van der Waals surface area contributed by atoms with E-state index >= 15 is 0 Å². The first-order valence-corrected chi connectivity index (χ1v) is 7.94. The van der Waals surface area contributed by atoms with Gasteiger partial charge in [-0.15, -0.1) is 11.8 Å². The molecule has 1 heterocycles. The number of nitrogens with two attached hydrogens (primary N) is 1. The number of hydrogen-bond acceptors (Lipinski definition) is 4. The zero-order chi connectivity index (χ0) is 13.7. The Labute approximate surface area is 120 Å². The zero-order valence-corrected chi connectivity index (χ0v) is 12.7. The van der Waals surface area contributed by atoms with Crippen LogP contribution in [-0.4, -0.2) is 43.0 Å². The van der Waals surface area contributed by atoms with Crippen LogP contribution < -0.4 is 5.73 Å². The molecule has 0 bridgehead atoms. The summed E-state index contributed by atoms with van der Waals surface area (Å²) >= 11 is 1.85. The van der Waals surface area contributed by atoms with Crippen molar-refractivity contribution in [3.05, 3.63) is 24.3 Å². The average Bonchev–Trinajstić information content (AvgIpc) is 2.38. The Morgan fingerprint density at radius 1 is 1.37 bits per heavy atom. The molecule has 1 aliphatic heterocycles. The lowest BCUT2D eigenvalue weighted by Gasteiger charge is -2.33. The van der Waals surface area contributed by atoms with E-state index in [1.807, 2.05) is 23.9 Å². The number of thioether (sulfide) groups is 1. The van der Waals surface area contributed by atoms with E-state index in [0.29, 0.717) is 6.10 Å². The molecule has 0 radical (unpaired) electrons. The minimum atomic E-state index is 0.343. The third-order valence-electron chi connectivity index (χ3n) is 3.16. The van der Waals surface area contributed by atoms with Gasteiger partial charge in [-0.1, -0.05) is 13.8 Å². The summed E-state index contributed by atoms with van der Waals surface area (Å²) in [7, 11) is 0. The van der Waals surface area contributed by atoms with E-state index in [2.05, 4.69) is 30.9 Å². The van der Waals surface area contributed by atoms with Crippen molar-refractivity contribution in [1.29, 1.82) is 0 Å². The smallest absolute Gasteiger partial charge is 0.0796 e. The molecule has 0 saturated carbocycles. The van der Waals surface area contributed by atoms with Crippen LogP contribution in [0.4, 0.5) is 5.69 Å². The van der Waals surface area contributed by atoms with Gasteiger partial charge in [0.1, 0.15) is 0 Å². The van der Waals surface area contributed by atoms with Crippen LogP contribution in [0.15, 0.2) is 29.2 Å². The third-order valence-corrected chi connectivity index (χ3v) is 4.31. The maximum absolute atomic E-state index is 5.85. The SMILES string of the molecule is CC(C)CN1CCOC(CSc2ccc(N)cc2)C1. The average molecular weight is 280 g/mol. The van der Waals surface area contributed by atoms with Gasteiger partial charge in [-0.2, -0.15) is 0 Å². The van der Waals surface area contributed by atoms with Crippen LogP contribution in [0, 0.1) is 5.92 Å². The van der Waals surface area contributed by atoms with Gasteiger partial charge in [-0.3, -0.25) is 4.90 Å². The first kappa shape index (κ1) is 14.7. The van der Waals surface area contributed by atoms with Gasteiger partial charge >= 0.3 is 0 Å². The molecule has 106 valence electrons. The van der Waals surface area contributed by atoms with Crippen LogP contribution in [0.25, 0.3) is 0 Å². The predicted molar refractivity (Wildman–Crippen MR) is 82.6 cm³/mol. The molecule has 0 amide bonds. The second kappa shape index (κ2) is 7.17. The zero-order valence-electron chi connectivity index (χ0n) is 11.8. The van der Waals surface area contributed by atoms with Crippen LogP contribution in [0.1, 0.15) is 13.8 Å². The van der Waals surface area contributed by atoms with Crippen molar-refractivity contribution in [3.8, 4) is 0 Å². The number of hydrogen-bond donors (Lipinski definition) is 1. The summed E-state index contributed by atoms with van der Waals surface area (Å²) in [6.07, 6.45) is 0.343. The Bertz CT molecular complexity index is 380. The Balaban J connectivity index is 1.77. The number of benzene rings is 1. The molecule has 0 spiro atoms. The molecule has 1 atom stereocenters. The van der Waals surface area contributed by atoms with E-state index in [1.165, 1.54) is 11.4 Å². The maximum atomic E-state index is 5.85. The highest BCUT2D eigenvalue weighted by Gasteiger charge is 2.20. The molecule has 2 N–H and O–H groups in total. The van der Waals surface area contributed by atoms with E-state index in [4.69, 9.17) is 10.5 Å². The van der Waals surface area contributed by atoms with Gasteiger partial charge in [0.15, 0.2) is 0 Å². The van der Waals surface area contributed by atoms with Gasteiger partial charge in [-0.05, 0) is 30.2 Å². The molecule has 4 heteroatoms. The van der Waals surface area contributed by atoms with E-state index in [1.54, 1.807) is 0 Å². The van der Waals surface area contributed by atoms with Crippen molar-refractivity contribution >= 4 is 17.4 Å². The molecule has 1 saturated heterocycles. The Hall–Kier alpha value is -0.710. The predicted octanol–water partition coefficient (Wildman–Crippen LogP) is 2.72. The number of nitrogens with zero attached hydrogens (tertiary/aromatic N) is 1. The van der Waals surface area contributed by atoms with Gasteiger partial charge in [0.25, 0.3) is 0 Å². The lowest BCUT2D eigenvalue weighted by molar-refractivity contribution is -0.0191. The Morgan fingerprint density at radius 2 is 2.11 bits per heavy atom. The minimum Gasteiger partial charge on any atom is -0.399 e. The van der Waals surface area contributed by atoms with E-state index in [-0.39, 0.29) is 0 Å². The molecule has 19 heavy (non-hydrogen) atoms. The van der Waals surface area contributed by atoms with E-state index in [9.17, 15) is 0 Å². The largest absolute Gasteiger partial charge is 0.399 e.